The lowest BCUT2D eigenvalue weighted by molar-refractivity contribution is -0.577. The van der Waals surface area contributed by atoms with Crippen LogP contribution in [0.1, 0.15) is 36.3 Å². The predicted octanol–water partition coefficient (Wildman–Crippen LogP) is 5.43. The Kier molecular flexibility index (Phi) is 3.95. The van der Waals surface area contributed by atoms with Crippen molar-refractivity contribution >= 4 is 27.5 Å². The van der Waals surface area contributed by atoms with E-state index in [1.807, 2.05) is 12.1 Å². The van der Waals surface area contributed by atoms with Crippen LogP contribution in [0.5, 0.6) is 5.75 Å². The summed E-state index contributed by atoms with van der Waals surface area (Å²) in [6.45, 7) is 4.35. The second-order valence-electron chi connectivity index (χ2n) is 8.70. The van der Waals surface area contributed by atoms with E-state index in [1.54, 1.807) is 7.11 Å². The Hall–Kier alpha value is -3.20. The Morgan fingerprint density at radius 3 is 2.41 bits per heavy atom. The minimum Gasteiger partial charge on any atom is -0.497 e. The number of benzene rings is 3. The van der Waals surface area contributed by atoms with Crippen molar-refractivity contribution in [3.63, 3.8) is 0 Å². The minimum atomic E-state index is -0.0527. The third-order valence-electron chi connectivity index (χ3n) is 5.97. The molecule has 5 rings (SSSR count). The summed E-state index contributed by atoms with van der Waals surface area (Å²) >= 11 is 0. The molecule has 1 aliphatic rings. The van der Waals surface area contributed by atoms with Crippen LogP contribution in [0.4, 0.5) is 0 Å². The Morgan fingerprint density at radius 2 is 1.66 bits per heavy atom. The topological polar surface area (TPSA) is 30.2 Å². The second-order valence-corrected chi connectivity index (χ2v) is 8.70. The van der Waals surface area contributed by atoms with Crippen molar-refractivity contribution in [3.05, 3.63) is 78.0 Å². The maximum absolute atomic E-state index is 13.1. The largest absolute Gasteiger partial charge is 0.497 e. The molecule has 144 valence electrons. The smallest absolute Gasteiger partial charge is 0.219 e. The number of hydrogen-bond acceptors (Lipinski definition) is 2. The van der Waals surface area contributed by atoms with Crippen molar-refractivity contribution in [1.82, 2.24) is 0 Å². The lowest BCUT2D eigenvalue weighted by Crippen LogP contribution is -2.43. The quantitative estimate of drug-likeness (QED) is 0.342. The van der Waals surface area contributed by atoms with Gasteiger partial charge < -0.3 is 4.74 Å². The van der Waals surface area contributed by atoms with Crippen LogP contribution in [0, 0.1) is 5.41 Å². The van der Waals surface area contributed by atoms with E-state index in [2.05, 4.69) is 73.0 Å². The van der Waals surface area contributed by atoms with Gasteiger partial charge in [-0.05, 0) is 40.5 Å². The normalized spacial score (nSPS) is 15.5. The van der Waals surface area contributed by atoms with Crippen LogP contribution in [-0.4, -0.2) is 12.9 Å². The SMILES string of the molecule is COc1ccc(-[n+]2c3c(cc4c5ccccc5ccc42)C(=O)CC(C)(C)C3)cc1. The molecule has 0 aliphatic heterocycles. The Bertz CT molecular complexity index is 1270. The third kappa shape index (κ3) is 2.89. The van der Waals surface area contributed by atoms with Crippen LogP contribution in [0.3, 0.4) is 0 Å². The van der Waals surface area contributed by atoms with E-state index in [4.69, 9.17) is 4.74 Å². The van der Waals surface area contributed by atoms with Gasteiger partial charge in [-0.25, -0.2) is 0 Å². The molecule has 0 saturated heterocycles. The van der Waals surface area contributed by atoms with E-state index in [9.17, 15) is 4.79 Å². The summed E-state index contributed by atoms with van der Waals surface area (Å²) in [7, 11) is 1.68. The maximum atomic E-state index is 13.1. The molecule has 0 N–H and O–H groups in total. The van der Waals surface area contributed by atoms with Gasteiger partial charge >= 0.3 is 0 Å². The number of nitrogens with zero attached hydrogens (tertiary/aromatic N) is 1. The molecule has 0 unspecified atom stereocenters. The molecule has 0 amide bonds. The molecule has 0 spiro atoms. The predicted molar refractivity (Wildman–Crippen MR) is 116 cm³/mol. The summed E-state index contributed by atoms with van der Waals surface area (Å²) in [5.41, 5.74) is 4.07. The first-order valence-electron chi connectivity index (χ1n) is 10.0. The molecule has 1 aliphatic carbocycles. The molecular weight excluding hydrogens is 358 g/mol. The third-order valence-corrected chi connectivity index (χ3v) is 5.97. The number of rotatable bonds is 2. The molecule has 1 aromatic heterocycles. The molecular formula is C26H24NO2+. The van der Waals surface area contributed by atoms with Crippen LogP contribution < -0.4 is 9.30 Å². The van der Waals surface area contributed by atoms with Crippen LogP contribution in [0.15, 0.2) is 66.7 Å². The molecule has 0 bridgehead atoms. The highest BCUT2D eigenvalue weighted by molar-refractivity contribution is 6.09. The Labute approximate surface area is 170 Å². The van der Waals surface area contributed by atoms with Gasteiger partial charge in [0, 0.05) is 31.0 Å². The number of fused-ring (bicyclic) bond motifs is 4. The summed E-state index contributed by atoms with van der Waals surface area (Å²) in [6.07, 6.45) is 1.45. The van der Waals surface area contributed by atoms with Gasteiger partial charge in [-0.15, -0.1) is 0 Å². The van der Waals surface area contributed by atoms with E-state index in [0.717, 1.165) is 40.0 Å². The van der Waals surface area contributed by atoms with E-state index >= 15 is 0 Å². The molecule has 3 nitrogen and oxygen atoms in total. The molecule has 0 radical (unpaired) electrons. The molecule has 3 aromatic carbocycles. The second kappa shape index (κ2) is 6.41. The van der Waals surface area contributed by atoms with E-state index in [1.165, 1.54) is 10.8 Å². The molecule has 4 aromatic rings. The summed E-state index contributed by atoms with van der Waals surface area (Å²) in [4.78, 5) is 13.1. The van der Waals surface area contributed by atoms with Crippen molar-refractivity contribution in [1.29, 1.82) is 0 Å². The highest BCUT2D eigenvalue weighted by Gasteiger charge is 2.38. The van der Waals surface area contributed by atoms with Crippen molar-refractivity contribution in [2.24, 2.45) is 5.41 Å². The summed E-state index contributed by atoms with van der Waals surface area (Å²) in [6, 6.07) is 22.9. The van der Waals surface area contributed by atoms with Crippen molar-refractivity contribution in [2.75, 3.05) is 7.11 Å². The van der Waals surface area contributed by atoms with Gasteiger partial charge in [0.2, 0.25) is 11.2 Å². The number of ketones is 1. The van der Waals surface area contributed by atoms with Crippen LogP contribution >= 0.6 is 0 Å². The number of methoxy groups -OCH3 is 1. The van der Waals surface area contributed by atoms with Crippen LogP contribution in [0.25, 0.3) is 27.4 Å². The Morgan fingerprint density at radius 1 is 0.897 bits per heavy atom. The van der Waals surface area contributed by atoms with Gasteiger partial charge in [0.1, 0.15) is 5.75 Å². The molecule has 3 heteroatoms. The minimum absolute atomic E-state index is 0.0527. The van der Waals surface area contributed by atoms with Gasteiger partial charge in [-0.3, -0.25) is 4.79 Å². The summed E-state index contributed by atoms with van der Waals surface area (Å²) in [5, 5.41) is 3.48. The van der Waals surface area contributed by atoms with Crippen LogP contribution in [0.2, 0.25) is 0 Å². The van der Waals surface area contributed by atoms with Crippen molar-refractivity contribution < 1.29 is 14.1 Å². The molecule has 1 heterocycles. The van der Waals surface area contributed by atoms with E-state index in [-0.39, 0.29) is 11.2 Å². The first-order chi connectivity index (χ1) is 14.0. The zero-order chi connectivity index (χ0) is 20.2. The number of carbonyl (C=O) groups is 1. The molecule has 0 fully saturated rings. The zero-order valence-corrected chi connectivity index (χ0v) is 17.0. The van der Waals surface area contributed by atoms with Crippen LogP contribution in [-0.2, 0) is 6.42 Å². The van der Waals surface area contributed by atoms with E-state index in [0.29, 0.717) is 6.42 Å². The van der Waals surface area contributed by atoms with Crippen molar-refractivity contribution in [3.8, 4) is 11.4 Å². The molecule has 0 saturated carbocycles. The zero-order valence-electron chi connectivity index (χ0n) is 17.0. The van der Waals surface area contributed by atoms with Gasteiger partial charge in [0.15, 0.2) is 11.5 Å². The number of hydrogen-bond donors (Lipinski definition) is 0. The van der Waals surface area contributed by atoms with Gasteiger partial charge in [0.25, 0.3) is 0 Å². The lowest BCUT2D eigenvalue weighted by Gasteiger charge is -2.28. The lowest BCUT2D eigenvalue weighted by atomic mass is 9.75. The first-order valence-corrected chi connectivity index (χ1v) is 10.0. The monoisotopic (exact) mass is 382 g/mol. The fraction of sp³-hybridized carbons (Fsp3) is 0.231. The van der Waals surface area contributed by atoms with Crippen molar-refractivity contribution in [2.45, 2.75) is 26.7 Å². The number of aromatic nitrogens is 1. The molecule has 0 atom stereocenters. The number of carbonyl (C=O) groups excluding carboxylic acids is 1. The standard InChI is InChI=1S/C26H24NO2/c1-26(2)15-24-22(25(28)16-26)14-21-20-7-5-4-6-17(20)8-13-23(21)27(24)18-9-11-19(29-3)12-10-18/h4-14H,15-16H2,1-3H3/q+1. The van der Waals surface area contributed by atoms with Gasteiger partial charge in [-0.2, -0.15) is 4.57 Å². The number of Topliss-reactive ketones (excluding diaryl/α,β-unsaturated/α-hetero) is 1. The summed E-state index contributed by atoms with van der Waals surface area (Å²) in [5.74, 6) is 1.05. The highest BCUT2D eigenvalue weighted by Crippen LogP contribution is 2.36. The van der Waals surface area contributed by atoms with E-state index < -0.39 is 0 Å². The maximum Gasteiger partial charge on any atom is 0.219 e. The fourth-order valence-electron chi connectivity index (χ4n) is 4.61. The Balaban J connectivity index is 1.91. The number of pyridine rings is 1. The van der Waals surface area contributed by atoms with Gasteiger partial charge in [-0.1, -0.05) is 38.1 Å². The first kappa shape index (κ1) is 17.9. The van der Waals surface area contributed by atoms with Gasteiger partial charge in [0.05, 0.1) is 18.1 Å². The fourth-order valence-corrected chi connectivity index (χ4v) is 4.61. The average Bonchev–Trinajstić information content (AvgIpc) is 2.72. The highest BCUT2D eigenvalue weighted by atomic mass is 16.5. The average molecular weight is 382 g/mol. The summed E-state index contributed by atoms with van der Waals surface area (Å²) < 4.78 is 7.62. The molecule has 29 heavy (non-hydrogen) atoms. The number of ether oxygens (including phenoxy) is 1.